The van der Waals surface area contributed by atoms with Gasteiger partial charge in [0.25, 0.3) is 0 Å². The van der Waals surface area contributed by atoms with E-state index in [4.69, 9.17) is 5.11 Å². The molecule has 0 unspecified atom stereocenters. The quantitative estimate of drug-likeness (QED) is 0.559. The number of nitriles is 1. The third-order valence-corrected chi connectivity index (χ3v) is 3.05. The highest BCUT2D eigenvalue weighted by Crippen LogP contribution is 2.36. The van der Waals surface area contributed by atoms with Crippen molar-refractivity contribution in [3.63, 3.8) is 0 Å². The number of nitrogens with zero attached hydrogens (tertiary/aromatic N) is 1. The maximum Gasteiger partial charge on any atom is 0.330 e. The second kappa shape index (κ2) is 4.97. The molecular formula is C12H17NO2. The average molecular weight is 207 g/mol. The summed E-state index contributed by atoms with van der Waals surface area (Å²) in [5.74, 6) is -0.922. The number of rotatable bonds is 2. The third kappa shape index (κ3) is 3.09. The molecule has 0 amide bonds. The van der Waals surface area contributed by atoms with Gasteiger partial charge in [-0.2, -0.15) is 5.26 Å². The highest BCUT2D eigenvalue weighted by Gasteiger charge is 2.29. The van der Waals surface area contributed by atoms with Gasteiger partial charge in [0.1, 0.15) is 0 Å². The van der Waals surface area contributed by atoms with Crippen molar-refractivity contribution in [3.8, 4) is 6.07 Å². The molecule has 0 aromatic carbocycles. The van der Waals surface area contributed by atoms with Gasteiger partial charge >= 0.3 is 5.97 Å². The Labute approximate surface area is 90.4 Å². The van der Waals surface area contributed by atoms with E-state index in [2.05, 4.69) is 6.07 Å². The fourth-order valence-corrected chi connectivity index (χ4v) is 2.12. The zero-order chi connectivity index (χ0) is 11.3. The molecule has 1 fully saturated rings. The number of hydrogen-bond acceptors (Lipinski definition) is 2. The van der Waals surface area contributed by atoms with Crippen molar-refractivity contribution in [2.45, 2.75) is 45.4 Å². The maximum atomic E-state index is 10.7. The van der Waals surface area contributed by atoms with Crippen LogP contribution < -0.4 is 0 Å². The van der Waals surface area contributed by atoms with Crippen molar-refractivity contribution in [2.24, 2.45) is 5.41 Å². The normalized spacial score (nSPS) is 21.5. The van der Waals surface area contributed by atoms with Gasteiger partial charge in [-0.3, -0.25) is 0 Å². The van der Waals surface area contributed by atoms with Gasteiger partial charge in [0, 0.05) is 5.57 Å². The highest BCUT2D eigenvalue weighted by atomic mass is 16.4. The molecule has 3 nitrogen and oxygen atoms in total. The summed E-state index contributed by atoms with van der Waals surface area (Å²) in [6.07, 6.45) is 7.61. The molecule has 0 aromatic rings. The summed E-state index contributed by atoms with van der Waals surface area (Å²) in [5, 5.41) is 18.0. The number of carboxylic acid groups (broad SMARTS) is 1. The summed E-state index contributed by atoms with van der Waals surface area (Å²) in [4.78, 5) is 10.7. The van der Waals surface area contributed by atoms with Crippen LogP contribution in [0.1, 0.15) is 45.4 Å². The van der Waals surface area contributed by atoms with Crippen LogP contribution in [-0.4, -0.2) is 11.1 Å². The highest BCUT2D eigenvalue weighted by molar-refractivity contribution is 5.86. The Hall–Kier alpha value is -1.30. The smallest absolute Gasteiger partial charge is 0.330 e. The second-order valence-electron chi connectivity index (χ2n) is 4.31. The van der Waals surface area contributed by atoms with Crippen molar-refractivity contribution < 1.29 is 9.90 Å². The van der Waals surface area contributed by atoms with Crippen molar-refractivity contribution in [1.82, 2.24) is 0 Å². The Bertz CT molecular complexity index is 304. The van der Waals surface area contributed by atoms with E-state index in [1.165, 1.54) is 0 Å². The fourth-order valence-electron chi connectivity index (χ4n) is 2.12. The Morgan fingerprint density at radius 2 is 1.87 bits per heavy atom. The predicted molar refractivity (Wildman–Crippen MR) is 57.1 cm³/mol. The van der Waals surface area contributed by atoms with Crippen LogP contribution in [0.25, 0.3) is 0 Å². The van der Waals surface area contributed by atoms with Crippen molar-refractivity contribution in [2.75, 3.05) is 0 Å². The zero-order valence-corrected chi connectivity index (χ0v) is 9.12. The lowest BCUT2D eigenvalue weighted by molar-refractivity contribution is -0.132. The Balaban J connectivity index is 2.89. The molecule has 1 N–H and O–H groups in total. The van der Waals surface area contributed by atoms with E-state index in [-0.39, 0.29) is 0 Å². The molecule has 15 heavy (non-hydrogen) atoms. The standard InChI is InChI=1S/C12H17NO2/c1-10(11(14)15)8-12(9-13)6-4-2-3-5-7-12/h8H,2-7H2,1H3,(H,14,15). The van der Waals surface area contributed by atoms with Crippen LogP contribution in [0.3, 0.4) is 0 Å². The minimum absolute atomic E-state index is 0.290. The first kappa shape index (κ1) is 11.8. The number of carboxylic acids is 1. The van der Waals surface area contributed by atoms with Crippen LogP contribution in [-0.2, 0) is 4.79 Å². The van der Waals surface area contributed by atoms with Gasteiger partial charge in [-0.25, -0.2) is 4.79 Å². The van der Waals surface area contributed by atoms with Crippen molar-refractivity contribution in [1.29, 1.82) is 5.26 Å². The van der Waals surface area contributed by atoms with Crippen molar-refractivity contribution >= 4 is 5.97 Å². The average Bonchev–Trinajstić information content (AvgIpc) is 2.44. The Morgan fingerprint density at radius 3 is 2.27 bits per heavy atom. The molecule has 0 aliphatic heterocycles. The van der Waals surface area contributed by atoms with Crippen LogP contribution in [0.5, 0.6) is 0 Å². The lowest BCUT2D eigenvalue weighted by atomic mass is 9.80. The molecule has 1 aliphatic rings. The molecule has 0 bridgehead atoms. The van der Waals surface area contributed by atoms with Crippen LogP contribution in [0.4, 0.5) is 0 Å². The first-order valence-electron chi connectivity index (χ1n) is 5.44. The van der Waals surface area contributed by atoms with E-state index in [0.717, 1.165) is 38.5 Å². The van der Waals surface area contributed by atoms with Gasteiger partial charge < -0.3 is 5.11 Å². The summed E-state index contributed by atoms with van der Waals surface area (Å²) in [5.41, 5.74) is -0.239. The number of hydrogen-bond donors (Lipinski definition) is 1. The minimum Gasteiger partial charge on any atom is -0.478 e. The van der Waals surface area contributed by atoms with Gasteiger partial charge in [0.2, 0.25) is 0 Å². The zero-order valence-electron chi connectivity index (χ0n) is 9.12. The van der Waals surface area contributed by atoms with Gasteiger partial charge in [-0.1, -0.05) is 31.8 Å². The number of carbonyl (C=O) groups is 1. The summed E-state index contributed by atoms with van der Waals surface area (Å²) in [6, 6.07) is 2.30. The molecule has 1 aliphatic carbocycles. The van der Waals surface area contributed by atoms with Crippen LogP contribution in [0, 0.1) is 16.7 Å². The summed E-state index contributed by atoms with van der Waals surface area (Å²) in [7, 11) is 0. The lowest BCUT2D eigenvalue weighted by Gasteiger charge is -2.20. The summed E-state index contributed by atoms with van der Waals surface area (Å²) in [6.45, 7) is 1.56. The van der Waals surface area contributed by atoms with Crippen LogP contribution >= 0.6 is 0 Å². The van der Waals surface area contributed by atoms with E-state index >= 15 is 0 Å². The van der Waals surface area contributed by atoms with E-state index in [0.29, 0.717) is 5.57 Å². The molecule has 0 atom stereocenters. The molecule has 1 saturated carbocycles. The molecule has 0 aromatic heterocycles. The topological polar surface area (TPSA) is 61.1 Å². The predicted octanol–water partition coefficient (Wildman–Crippen LogP) is 2.88. The molecule has 0 heterocycles. The van der Waals surface area contributed by atoms with E-state index in [1.807, 2.05) is 0 Å². The molecule has 0 spiro atoms. The first-order chi connectivity index (χ1) is 7.09. The van der Waals surface area contributed by atoms with Crippen LogP contribution in [0.15, 0.2) is 11.6 Å². The molecule has 1 rings (SSSR count). The molecule has 0 radical (unpaired) electrons. The lowest BCUT2D eigenvalue weighted by Crippen LogP contribution is -2.16. The van der Waals surface area contributed by atoms with Gasteiger partial charge in [-0.05, 0) is 19.8 Å². The SMILES string of the molecule is CC(=CC1(C#N)CCCCCC1)C(=O)O. The molecule has 3 heteroatoms. The summed E-state index contributed by atoms with van der Waals surface area (Å²) < 4.78 is 0. The first-order valence-corrected chi connectivity index (χ1v) is 5.44. The second-order valence-corrected chi connectivity index (χ2v) is 4.31. The van der Waals surface area contributed by atoms with Gasteiger partial charge in [0.05, 0.1) is 11.5 Å². The van der Waals surface area contributed by atoms with E-state index in [1.54, 1.807) is 13.0 Å². The van der Waals surface area contributed by atoms with Crippen LogP contribution in [0.2, 0.25) is 0 Å². The summed E-state index contributed by atoms with van der Waals surface area (Å²) >= 11 is 0. The number of aliphatic carboxylic acids is 1. The minimum atomic E-state index is -0.922. The monoisotopic (exact) mass is 207 g/mol. The Morgan fingerprint density at radius 1 is 1.33 bits per heavy atom. The van der Waals surface area contributed by atoms with Crippen molar-refractivity contribution in [3.05, 3.63) is 11.6 Å². The Kier molecular flexibility index (Phi) is 3.90. The largest absolute Gasteiger partial charge is 0.478 e. The molecular weight excluding hydrogens is 190 g/mol. The van der Waals surface area contributed by atoms with E-state index in [9.17, 15) is 10.1 Å². The third-order valence-electron chi connectivity index (χ3n) is 3.05. The van der Waals surface area contributed by atoms with E-state index < -0.39 is 11.4 Å². The van der Waals surface area contributed by atoms with Gasteiger partial charge in [0.15, 0.2) is 0 Å². The molecule has 0 saturated heterocycles. The fraction of sp³-hybridized carbons (Fsp3) is 0.667. The maximum absolute atomic E-state index is 10.7. The molecule has 82 valence electrons. The van der Waals surface area contributed by atoms with Gasteiger partial charge in [-0.15, -0.1) is 0 Å². The number of allylic oxidation sites excluding steroid dienone is 1.